The molecule has 194 valence electrons. The third kappa shape index (κ3) is 11.2. The van der Waals surface area contributed by atoms with Crippen molar-refractivity contribution in [2.24, 2.45) is 5.41 Å². The predicted octanol–water partition coefficient (Wildman–Crippen LogP) is 6.85. The van der Waals surface area contributed by atoms with Crippen LogP contribution in [0.1, 0.15) is 110 Å². The molecule has 5 nitrogen and oxygen atoms in total. The molecule has 1 aromatic rings. The summed E-state index contributed by atoms with van der Waals surface area (Å²) in [6, 6.07) is 7.81. The van der Waals surface area contributed by atoms with Crippen LogP contribution in [-0.2, 0) is 19.4 Å². The SMILES string of the molecule is CCCCCCCCCCC(Oc1ccc(C2CCS(=O)(=O)CC2)cc1)C(=O)OCC(C)(C)C. The van der Waals surface area contributed by atoms with Gasteiger partial charge in [-0.25, -0.2) is 13.2 Å². The van der Waals surface area contributed by atoms with E-state index >= 15 is 0 Å². The molecule has 1 fully saturated rings. The number of carbonyl (C=O) groups is 1. The summed E-state index contributed by atoms with van der Waals surface area (Å²) in [4.78, 5) is 12.8. The third-order valence-electron chi connectivity index (χ3n) is 6.41. The minimum Gasteiger partial charge on any atom is -0.479 e. The molecule has 1 saturated heterocycles. The molecule has 1 heterocycles. The number of benzene rings is 1. The molecule has 1 unspecified atom stereocenters. The zero-order valence-electron chi connectivity index (χ0n) is 21.8. The molecule has 0 aliphatic carbocycles. The van der Waals surface area contributed by atoms with Gasteiger partial charge in [0.15, 0.2) is 6.10 Å². The maximum Gasteiger partial charge on any atom is 0.347 e. The van der Waals surface area contributed by atoms with Crippen LogP contribution in [-0.4, -0.2) is 38.6 Å². The van der Waals surface area contributed by atoms with Crippen molar-refractivity contribution in [3.63, 3.8) is 0 Å². The molecule has 0 N–H and O–H groups in total. The quantitative estimate of drug-likeness (QED) is 0.209. The normalized spacial score (nSPS) is 17.3. The van der Waals surface area contributed by atoms with Gasteiger partial charge in [-0.05, 0) is 54.7 Å². The van der Waals surface area contributed by atoms with Gasteiger partial charge in [-0.3, -0.25) is 0 Å². The number of hydrogen-bond donors (Lipinski definition) is 0. The minimum absolute atomic E-state index is 0.0895. The number of rotatable bonds is 14. The highest BCUT2D eigenvalue weighted by molar-refractivity contribution is 7.91. The van der Waals surface area contributed by atoms with E-state index in [1.165, 1.54) is 38.5 Å². The summed E-state index contributed by atoms with van der Waals surface area (Å²) in [5.41, 5.74) is 1.05. The van der Waals surface area contributed by atoms with E-state index in [9.17, 15) is 13.2 Å². The Morgan fingerprint density at radius 1 is 0.941 bits per heavy atom. The molecular weight excluding hydrogens is 448 g/mol. The Morgan fingerprint density at radius 3 is 2.06 bits per heavy atom. The molecule has 1 aliphatic rings. The van der Waals surface area contributed by atoms with Crippen molar-refractivity contribution in [3.05, 3.63) is 29.8 Å². The summed E-state index contributed by atoms with van der Waals surface area (Å²) in [6.07, 6.45) is 11.1. The van der Waals surface area contributed by atoms with Gasteiger partial charge in [0.25, 0.3) is 0 Å². The first-order valence-corrected chi connectivity index (χ1v) is 15.1. The average molecular weight is 495 g/mol. The van der Waals surface area contributed by atoms with E-state index in [4.69, 9.17) is 9.47 Å². The largest absolute Gasteiger partial charge is 0.479 e. The lowest BCUT2D eigenvalue weighted by Crippen LogP contribution is -2.32. The molecule has 0 aromatic heterocycles. The van der Waals surface area contributed by atoms with Gasteiger partial charge in [-0.1, -0.05) is 84.8 Å². The summed E-state index contributed by atoms with van der Waals surface area (Å²) < 4.78 is 35.1. The monoisotopic (exact) mass is 494 g/mol. The maximum absolute atomic E-state index is 12.8. The van der Waals surface area contributed by atoms with Gasteiger partial charge >= 0.3 is 5.97 Å². The standard InChI is InChI=1S/C28H46O5S/c1-5-6-7-8-9-10-11-12-13-26(27(29)32-22-28(2,3)4)33-25-16-14-23(15-17-25)24-18-20-34(30,31)21-19-24/h14-17,24,26H,5-13,18-22H2,1-4H3. The summed E-state index contributed by atoms with van der Waals surface area (Å²) in [5.74, 6) is 1.15. The van der Waals surface area contributed by atoms with Crippen LogP contribution in [0.5, 0.6) is 5.75 Å². The Hall–Kier alpha value is -1.56. The van der Waals surface area contributed by atoms with Crippen molar-refractivity contribution in [3.8, 4) is 5.75 Å². The van der Waals surface area contributed by atoms with Crippen molar-refractivity contribution >= 4 is 15.8 Å². The summed E-state index contributed by atoms with van der Waals surface area (Å²) in [6.45, 7) is 8.74. The van der Waals surface area contributed by atoms with E-state index < -0.39 is 15.9 Å². The lowest BCUT2D eigenvalue weighted by molar-refractivity contribution is -0.155. The summed E-state index contributed by atoms with van der Waals surface area (Å²) >= 11 is 0. The van der Waals surface area contributed by atoms with E-state index in [-0.39, 0.29) is 28.8 Å². The Balaban J connectivity index is 1.89. The highest BCUT2D eigenvalue weighted by Crippen LogP contribution is 2.30. The fraction of sp³-hybridized carbons (Fsp3) is 0.750. The molecule has 0 bridgehead atoms. The Morgan fingerprint density at radius 2 is 1.50 bits per heavy atom. The van der Waals surface area contributed by atoms with E-state index in [1.54, 1.807) is 0 Å². The summed E-state index contributed by atoms with van der Waals surface area (Å²) in [5, 5.41) is 0. The van der Waals surface area contributed by atoms with E-state index in [1.807, 2.05) is 45.0 Å². The van der Waals surface area contributed by atoms with E-state index in [0.717, 1.165) is 18.4 Å². The smallest absolute Gasteiger partial charge is 0.347 e. The number of ether oxygens (including phenoxy) is 2. The van der Waals surface area contributed by atoms with Gasteiger partial charge in [-0.2, -0.15) is 0 Å². The fourth-order valence-electron chi connectivity index (χ4n) is 4.28. The third-order valence-corrected chi connectivity index (χ3v) is 8.13. The van der Waals surface area contributed by atoms with Crippen LogP contribution in [0.4, 0.5) is 0 Å². The molecule has 1 aromatic carbocycles. The van der Waals surface area contributed by atoms with Crippen LogP contribution < -0.4 is 4.74 Å². The van der Waals surface area contributed by atoms with Gasteiger partial charge in [0.2, 0.25) is 0 Å². The second-order valence-electron chi connectivity index (χ2n) is 11.0. The number of esters is 1. The minimum atomic E-state index is -2.87. The molecule has 34 heavy (non-hydrogen) atoms. The van der Waals surface area contributed by atoms with Gasteiger partial charge < -0.3 is 9.47 Å². The molecule has 6 heteroatoms. The zero-order valence-corrected chi connectivity index (χ0v) is 22.6. The topological polar surface area (TPSA) is 69.7 Å². The van der Waals surface area contributed by atoms with Crippen molar-refractivity contribution in [2.75, 3.05) is 18.1 Å². The lowest BCUT2D eigenvalue weighted by atomic mass is 9.93. The second-order valence-corrected chi connectivity index (χ2v) is 13.3. The average Bonchev–Trinajstić information content (AvgIpc) is 2.78. The molecule has 0 amide bonds. The van der Waals surface area contributed by atoms with Crippen molar-refractivity contribution in [2.45, 2.75) is 110 Å². The van der Waals surface area contributed by atoms with Crippen molar-refractivity contribution in [1.29, 1.82) is 0 Å². The van der Waals surface area contributed by atoms with Crippen molar-refractivity contribution < 1.29 is 22.7 Å². The van der Waals surface area contributed by atoms with E-state index in [2.05, 4.69) is 6.92 Å². The molecule has 0 saturated carbocycles. The maximum atomic E-state index is 12.8. The van der Waals surface area contributed by atoms with Gasteiger partial charge in [-0.15, -0.1) is 0 Å². The first-order valence-electron chi connectivity index (χ1n) is 13.2. The van der Waals surface area contributed by atoms with E-state index in [0.29, 0.717) is 31.6 Å². The first kappa shape index (κ1) is 28.7. The molecule has 0 radical (unpaired) electrons. The Kier molecular flexibility index (Phi) is 11.9. The van der Waals surface area contributed by atoms with Gasteiger partial charge in [0, 0.05) is 0 Å². The summed E-state index contributed by atoms with van der Waals surface area (Å²) in [7, 11) is -2.87. The first-order chi connectivity index (χ1) is 16.1. The van der Waals surface area contributed by atoms with Crippen LogP contribution in [0.3, 0.4) is 0 Å². The van der Waals surface area contributed by atoms with Crippen LogP contribution >= 0.6 is 0 Å². The van der Waals surface area contributed by atoms with Crippen LogP contribution in [0.2, 0.25) is 0 Å². The highest BCUT2D eigenvalue weighted by Gasteiger charge is 2.26. The van der Waals surface area contributed by atoms with Gasteiger partial charge in [0.1, 0.15) is 15.6 Å². The molecule has 1 aliphatic heterocycles. The zero-order chi connectivity index (χ0) is 25.0. The Bertz CT molecular complexity index is 809. The second kappa shape index (κ2) is 14.1. The number of hydrogen-bond acceptors (Lipinski definition) is 5. The molecule has 2 rings (SSSR count). The number of unbranched alkanes of at least 4 members (excludes halogenated alkanes) is 7. The molecule has 1 atom stereocenters. The number of carbonyl (C=O) groups excluding carboxylic acids is 1. The van der Waals surface area contributed by atoms with Crippen LogP contribution in [0.25, 0.3) is 0 Å². The predicted molar refractivity (Wildman–Crippen MR) is 139 cm³/mol. The lowest BCUT2D eigenvalue weighted by Gasteiger charge is -2.24. The fourth-order valence-corrected chi connectivity index (χ4v) is 5.77. The Labute approximate surface area is 207 Å². The highest BCUT2D eigenvalue weighted by atomic mass is 32.2. The van der Waals surface area contributed by atoms with Crippen molar-refractivity contribution in [1.82, 2.24) is 0 Å². The van der Waals surface area contributed by atoms with Gasteiger partial charge in [0.05, 0.1) is 18.1 Å². The number of sulfone groups is 1. The molecular formula is C28H46O5S. The van der Waals surface area contributed by atoms with Crippen LogP contribution in [0.15, 0.2) is 24.3 Å². The molecule has 0 spiro atoms. The van der Waals surface area contributed by atoms with Crippen LogP contribution in [0, 0.1) is 5.41 Å².